The second-order valence-corrected chi connectivity index (χ2v) is 7.73. The van der Waals surface area contributed by atoms with Crippen LogP contribution in [-0.4, -0.2) is 52.7 Å². The fourth-order valence-corrected chi connectivity index (χ4v) is 3.28. The summed E-state index contributed by atoms with van der Waals surface area (Å²) in [5, 5.41) is 0. The smallest absolute Gasteiger partial charge is 0.235 e. The summed E-state index contributed by atoms with van der Waals surface area (Å²) < 4.78 is 11.5. The first-order valence-corrected chi connectivity index (χ1v) is 9.47. The zero-order chi connectivity index (χ0) is 16.1. The van der Waals surface area contributed by atoms with E-state index in [-0.39, 0.29) is 11.7 Å². The molecule has 0 aromatic heterocycles. The molecule has 0 spiro atoms. The van der Waals surface area contributed by atoms with Gasteiger partial charge in [-0.2, -0.15) is 0 Å². The maximum atomic E-state index is 12.0. The van der Waals surface area contributed by atoms with Crippen molar-refractivity contribution in [3.8, 4) is 0 Å². The molecule has 1 unspecified atom stereocenters. The van der Waals surface area contributed by atoms with Gasteiger partial charge in [-0.05, 0) is 23.6 Å². The summed E-state index contributed by atoms with van der Waals surface area (Å²) in [6.45, 7) is 9.34. The molecule has 1 aromatic rings. The number of nitrogens with zero attached hydrogens (tertiary/aromatic N) is 2. The highest BCUT2D eigenvalue weighted by molar-refractivity contribution is 7.85. The minimum absolute atomic E-state index is 0.0231. The first kappa shape index (κ1) is 17.0. The Morgan fingerprint density at radius 1 is 1.14 bits per heavy atom. The Morgan fingerprint density at radius 2 is 1.73 bits per heavy atom. The fourth-order valence-electron chi connectivity index (χ4n) is 2.62. The van der Waals surface area contributed by atoms with Crippen LogP contribution in [0, 0.1) is 0 Å². The molecular formula is C17H26N2O2S. The van der Waals surface area contributed by atoms with Gasteiger partial charge in [0, 0.05) is 48.4 Å². The quantitative estimate of drug-likeness (QED) is 0.835. The van der Waals surface area contributed by atoms with Crippen molar-refractivity contribution in [3.63, 3.8) is 0 Å². The number of carbonyl (C=O) groups excluding carboxylic acids is 1. The molecule has 4 nitrogen and oxygen atoms in total. The molecule has 122 valence electrons. The Balaban J connectivity index is 1.89. The van der Waals surface area contributed by atoms with Crippen LogP contribution < -0.4 is 4.90 Å². The second kappa shape index (κ2) is 7.77. The van der Waals surface area contributed by atoms with E-state index in [1.807, 2.05) is 11.8 Å². The lowest BCUT2D eigenvalue weighted by molar-refractivity contribution is -0.128. The SMILES string of the molecule is CCS(=O)CC(=O)N1CCN(c2ccc(C(C)C)cc2)CC1. The maximum Gasteiger partial charge on any atom is 0.235 e. The van der Waals surface area contributed by atoms with Crippen molar-refractivity contribution in [1.82, 2.24) is 4.90 Å². The van der Waals surface area contributed by atoms with Crippen LogP contribution in [0.25, 0.3) is 0 Å². The number of carbonyl (C=O) groups is 1. The third-order valence-electron chi connectivity index (χ3n) is 4.16. The molecule has 1 aliphatic heterocycles. The van der Waals surface area contributed by atoms with E-state index >= 15 is 0 Å². The molecule has 0 saturated carbocycles. The van der Waals surface area contributed by atoms with Gasteiger partial charge in [-0.3, -0.25) is 9.00 Å². The molecule has 0 aliphatic carbocycles. The first-order chi connectivity index (χ1) is 10.5. The molecule has 0 bridgehead atoms. The summed E-state index contributed by atoms with van der Waals surface area (Å²) >= 11 is 0. The number of piperazine rings is 1. The minimum Gasteiger partial charge on any atom is -0.368 e. The number of rotatable bonds is 5. The standard InChI is InChI=1S/C17H26N2O2S/c1-4-22(21)13-17(20)19-11-9-18(10-12-19)16-7-5-15(6-8-16)14(2)3/h5-8,14H,4,9-13H2,1-3H3. The van der Waals surface area contributed by atoms with E-state index < -0.39 is 10.8 Å². The van der Waals surface area contributed by atoms with E-state index in [1.165, 1.54) is 11.3 Å². The van der Waals surface area contributed by atoms with Gasteiger partial charge in [0.1, 0.15) is 5.75 Å². The largest absolute Gasteiger partial charge is 0.368 e. The molecule has 1 saturated heterocycles. The number of hydrogen-bond donors (Lipinski definition) is 0. The third-order valence-corrected chi connectivity index (χ3v) is 5.38. The van der Waals surface area contributed by atoms with Crippen molar-refractivity contribution >= 4 is 22.4 Å². The monoisotopic (exact) mass is 322 g/mol. The lowest BCUT2D eigenvalue weighted by Crippen LogP contribution is -2.50. The van der Waals surface area contributed by atoms with Crippen LogP contribution in [0.4, 0.5) is 5.69 Å². The van der Waals surface area contributed by atoms with Gasteiger partial charge in [0.15, 0.2) is 0 Å². The molecule has 22 heavy (non-hydrogen) atoms. The Bertz CT molecular complexity index is 520. The van der Waals surface area contributed by atoms with E-state index in [1.54, 1.807) is 0 Å². The predicted molar refractivity (Wildman–Crippen MR) is 92.9 cm³/mol. The Hall–Kier alpha value is -1.36. The zero-order valence-electron chi connectivity index (χ0n) is 13.7. The van der Waals surface area contributed by atoms with Crippen LogP contribution in [0.2, 0.25) is 0 Å². The molecule has 1 heterocycles. The molecule has 1 aliphatic rings. The third kappa shape index (κ3) is 4.32. The molecule has 1 fully saturated rings. The summed E-state index contributed by atoms with van der Waals surface area (Å²) in [6, 6.07) is 8.70. The minimum atomic E-state index is -1.02. The van der Waals surface area contributed by atoms with Crippen molar-refractivity contribution in [2.45, 2.75) is 26.7 Å². The van der Waals surface area contributed by atoms with Crippen LogP contribution >= 0.6 is 0 Å². The molecule has 0 radical (unpaired) electrons. The average molecular weight is 322 g/mol. The van der Waals surface area contributed by atoms with E-state index in [0.29, 0.717) is 24.8 Å². The highest BCUT2D eigenvalue weighted by Crippen LogP contribution is 2.21. The fraction of sp³-hybridized carbons (Fsp3) is 0.588. The summed E-state index contributed by atoms with van der Waals surface area (Å²) in [5.41, 5.74) is 2.56. The molecule has 1 amide bonds. The molecule has 1 aromatic carbocycles. The topological polar surface area (TPSA) is 40.6 Å². The van der Waals surface area contributed by atoms with Gasteiger partial charge >= 0.3 is 0 Å². The molecule has 1 atom stereocenters. The predicted octanol–water partition coefficient (Wildman–Crippen LogP) is 2.23. The summed E-state index contributed by atoms with van der Waals surface area (Å²) in [5.74, 6) is 1.28. The van der Waals surface area contributed by atoms with Crippen molar-refractivity contribution in [1.29, 1.82) is 0 Å². The number of anilines is 1. The van der Waals surface area contributed by atoms with Crippen molar-refractivity contribution in [2.75, 3.05) is 42.6 Å². The molecule has 2 rings (SSSR count). The van der Waals surface area contributed by atoms with Crippen molar-refractivity contribution in [2.24, 2.45) is 0 Å². The highest BCUT2D eigenvalue weighted by atomic mass is 32.2. The Morgan fingerprint density at radius 3 is 2.23 bits per heavy atom. The van der Waals surface area contributed by atoms with Gasteiger partial charge in [-0.1, -0.05) is 32.9 Å². The van der Waals surface area contributed by atoms with Gasteiger partial charge in [-0.15, -0.1) is 0 Å². The molecule has 5 heteroatoms. The van der Waals surface area contributed by atoms with E-state index in [0.717, 1.165) is 13.1 Å². The van der Waals surface area contributed by atoms with Crippen LogP contribution in [0.1, 0.15) is 32.3 Å². The van der Waals surface area contributed by atoms with E-state index in [9.17, 15) is 9.00 Å². The maximum absolute atomic E-state index is 12.0. The van der Waals surface area contributed by atoms with Gasteiger partial charge in [0.05, 0.1) is 0 Å². The Kier molecular flexibility index (Phi) is 6.00. The van der Waals surface area contributed by atoms with Gasteiger partial charge in [0.25, 0.3) is 0 Å². The van der Waals surface area contributed by atoms with Gasteiger partial charge < -0.3 is 9.80 Å². The van der Waals surface area contributed by atoms with Gasteiger partial charge in [-0.25, -0.2) is 0 Å². The first-order valence-electron chi connectivity index (χ1n) is 7.99. The van der Waals surface area contributed by atoms with Crippen LogP contribution in [0.5, 0.6) is 0 Å². The Labute approximate surface area is 135 Å². The highest BCUT2D eigenvalue weighted by Gasteiger charge is 2.22. The zero-order valence-corrected chi connectivity index (χ0v) is 14.6. The lowest BCUT2D eigenvalue weighted by Gasteiger charge is -2.36. The summed E-state index contributed by atoms with van der Waals surface area (Å²) in [7, 11) is -1.02. The molecule has 0 N–H and O–H groups in total. The van der Waals surface area contributed by atoms with E-state index in [4.69, 9.17) is 0 Å². The van der Waals surface area contributed by atoms with Crippen LogP contribution in [-0.2, 0) is 15.6 Å². The summed E-state index contributed by atoms with van der Waals surface area (Å²) in [4.78, 5) is 16.2. The second-order valence-electron chi connectivity index (χ2n) is 5.99. The normalized spacial score (nSPS) is 16.9. The van der Waals surface area contributed by atoms with E-state index in [2.05, 4.69) is 43.0 Å². The van der Waals surface area contributed by atoms with Crippen molar-refractivity contribution in [3.05, 3.63) is 29.8 Å². The number of benzene rings is 1. The summed E-state index contributed by atoms with van der Waals surface area (Å²) in [6.07, 6.45) is 0. The number of amides is 1. The van der Waals surface area contributed by atoms with Crippen molar-refractivity contribution < 1.29 is 9.00 Å². The number of hydrogen-bond acceptors (Lipinski definition) is 3. The lowest BCUT2D eigenvalue weighted by atomic mass is 10.0. The van der Waals surface area contributed by atoms with Gasteiger partial charge in [0.2, 0.25) is 5.91 Å². The molecular weight excluding hydrogens is 296 g/mol. The average Bonchev–Trinajstić information content (AvgIpc) is 2.55. The van der Waals surface area contributed by atoms with Crippen LogP contribution in [0.3, 0.4) is 0 Å². The van der Waals surface area contributed by atoms with Crippen LogP contribution in [0.15, 0.2) is 24.3 Å².